The molecule has 4 heteroatoms. The maximum atomic E-state index is 12.2. The maximum Gasteiger partial charge on any atom is 0.234 e. The Morgan fingerprint density at radius 3 is 2.71 bits per heavy atom. The van der Waals surface area contributed by atoms with Crippen LogP contribution in [0.5, 0.6) is 0 Å². The molecule has 1 heterocycles. The molecule has 2 fully saturated rings. The van der Waals surface area contributed by atoms with Crippen LogP contribution in [0.3, 0.4) is 0 Å². The number of hydrogen-bond acceptors (Lipinski definition) is 3. The molecule has 0 radical (unpaired) electrons. The van der Waals surface area contributed by atoms with Crippen LogP contribution in [0, 0.1) is 11.8 Å². The first kappa shape index (κ1) is 16.8. The van der Waals surface area contributed by atoms with E-state index in [9.17, 15) is 4.79 Å². The van der Waals surface area contributed by atoms with E-state index in [1.807, 2.05) is 0 Å². The largest absolute Gasteiger partial charge is 0.352 e. The summed E-state index contributed by atoms with van der Waals surface area (Å²) in [5.41, 5.74) is 0. The molecular weight excluding hydrogens is 262 g/mol. The van der Waals surface area contributed by atoms with Crippen molar-refractivity contribution in [1.29, 1.82) is 0 Å². The van der Waals surface area contributed by atoms with Crippen molar-refractivity contribution in [3.63, 3.8) is 0 Å². The van der Waals surface area contributed by atoms with Crippen LogP contribution >= 0.6 is 0 Å². The summed E-state index contributed by atoms with van der Waals surface area (Å²) in [4.78, 5) is 14.4. The van der Waals surface area contributed by atoms with Gasteiger partial charge in [-0.1, -0.05) is 33.1 Å². The van der Waals surface area contributed by atoms with E-state index in [-0.39, 0.29) is 5.91 Å². The third-order valence-electron chi connectivity index (χ3n) is 5.41. The van der Waals surface area contributed by atoms with Gasteiger partial charge in [0.1, 0.15) is 0 Å². The average Bonchev–Trinajstić information content (AvgIpc) is 2.44. The van der Waals surface area contributed by atoms with Gasteiger partial charge < -0.3 is 10.6 Å². The van der Waals surface area contributed by atoms with Gasteiger partial charge in [-0.3, -0.25) is 9.69 Å². The van der Waals surface area contributed by atoms with Crippen LogP contribution in [0.2, 0.25) is 0 Å². The van der Waals surface area contributed by atoms with Crippen LogP contribution < -0.4 is 10.6 Å². The van der Waals surface area contributed by atoms with Crippen LogP contribution in [0.4, 0.5) is 0 Å². The summed E-state index contributed by atoms with van der Waals surface area (Å²) in [6.45, 7) is 7.22. The van der Waals surface area contributed by atoms with Gasteiger partial charge in [0.15, 0.2) is 0 Å². The lowest BCUT2D eigenvalue weighted by Gasteiger charge is -2.35. The molecule has 1 amide bonds. The fourth-order valence-corrected chi connectivity index (χ4v) is 3.80. The molecule has 0 bridgehead atoms. The van der Waals surface area contributed by atoms with Crippen LogP contribution in [-0.2, 0) is 4.79 Å². The molecule has 1 saturated heterocycles. The second-order valence-corrected chi connectivity index (χ2v) is 7.28. The highest BCUT2D eigenvalue weighted by Gasteiger charge is 2.28. The Kier molecular flexibility index (Phi) is 6.49. The van der Waals surface area contributed by atoms with Crippen molar-refractivity contribution < 1.29 is 4.79 Å². The summed E-state index contributed by atoms with van der Waals surface area (Å²) < 4.78 is 0. The molecule has 21 heavy (non-hydrogen) atoms. The molecule has 2 aliphatic rings. The van der Waals surface area contributed by atoms with Gasteiger partial charge in [-0.15, -0.1) is 0 Å². The number of nitrogens with one attached hydrogen (secondary N) is 2. The number of hydrogen-bond donors (Lipinski definition) is 2. The minimum Gasteiger partial charge on any atom is -0.352 e. The summed E-state index contributed by atoms with van der Waals surface area (Å²) in [6, 6.07) is 0.938. The van der Waals surface area contributed by atoms with Gasteiger partial charge in [-0.25, -0.2) is 0 Å². The fraction of sp³-hybridized carbons (Fsp3) is 0.941. The zero-order chi connectivity index (χ0) is 15.2. The predicted molar refractivity (Wildman–Crippen MR) is 87.2 cm³/mol. The quantitative estimate of drug-likeness (QED) is 0.815. The molecule has 2 N–H and O–H groups in total. The Bertz CT molecular complexity index is 328. The number of piperidine rings is 1. The average molecular weight is 295 g/mol. The number of nitrogens with zero attached hydrogens (tertiary/aromatic N) is 1. The van der Waals surface area contributed by atoms with E-state index in [1.54, 1.807) is 0 Å². The van der Waals surface area contributed by atoms with Crippen molar-refractivity contribution in [1.82, 2.24) is 15.5 Å². The monoisotopic (exact) mass is 295 g/mol. The summed E-state index contributed by atoms with van der Waals surface area (Å²) >= 11 is 0. The van der Waals surface area contributed by atoms with E-state index in [0.29, 0.717) is 24.5 Å². The zero-order valence-electron chi connectivity index (χ0n) is 14.0. The maximum absolute atomic E-state index is 12.2. The van der Waals surface area contributed by atoms with Gasteiger partial charge in [-0.05, 0) is 44.7 Å². The van der Waals surface area contributed by atoms with Gasteiger partial charge >= 0.3 is 0 Å². The minimum atomic E-state index is 0.194. The Morgan fingerprint density at radius 1 is 1.19 bits per heavy atom. The predicted octanol–water partition coefficient (Wildman–Crippen LogP) is 2.00. The molecule has 1 aliphatic heterocycles. The normalized spacial score (nSPS) is 33.9. The van der Waals surface area contributed by atoms with E-state index in [2.05, 4.69) is 36.4 Å². The first-order chi connectivity index (χ1) is 10.1. The molecule has 0 aromatic carbocycles. The minimum absolute atomic E-state index is 0.194. The number of carbonyl (C=O) groups is 1. The standard InChI is InChI=1S/C17H33N3O/c1-13-7-6-9-16(14(13)2)19-17(21)12-20(3)11-15-8-4-5-10-18-15/h13-16,18H,4-12H2,1-3H3,(H,19,21). The highest BCUT2D eigenvalue weighted by atomic mass is 16.2. The molecule has 1 aliphatic carbocycles. The lowest BCUT2D eigenvalue weighted by molar-refractivity contribution is -0.123. The van der Waals surface area contributed by atoms with Gasteiger partial charge in [0.2, 0.25) is 5.91 Å². The number of carbonyl (C=O) groups excluding carboxylic acids is 1. The topological polar surface area (TPSA) is 44.4 Å². The highest BCUT2D eigenvalue weighted by molar-refractivity contribution is 5.78. The van der Waals surface area contributed by atoms with E-state index < -0.39 is 0 Å². The second-order valence-electron chi connectivity index (χ2n) is 7.28. The molecule has 0 aromatic rings. The Balaban J connectivity index is 1.70. The Morgan fingerprint density at radius 2 is 2.00 bits per heavy atom. The summed E-state index contributed by atoms with van der Waals surface area (Å²) in [5, 5.41) is 6.81. The van der Waals surface area contributed by atoms with E-state index >= 15 is 0 Å². The third kappa shape index (κ3) is 5.26. The van der Waals surface area contributed by atoms with Gasteiger partial charge in [0.05, 0.1) is 6.54 Å². The fourth-order valence-electron chi connectivity index (χ4n) is 3.80. The molecule has 1 saturated carbocycles. The first-order valence-electron chi connectivity index (χ1n) is 8.77. The van der Waals surface area contributed by atoms with Gasteiger partial charge in [-0.2, -0.15) is 0 Å². The number of rotatable bonds is 5. The first-order valence-corrected chi connectivity index (χ1v) is 8.77. The van der Waals surface area contributed by atoms with Crippen molar-refractivity contribution in [2.45, 2.75) is 64.5 Å². The van der Waals surface area contributed by atoms with Crippen molar-refractivity contribution >= 4 is 5.91 Å². The smallest absolute Gasteiger partial charge is 0.234 e. The molecule has 0 spiro atoms. The van der Waals surface area contributed by atoms with Gasteiger partial charge in [0.25, 0.3) is 0 Å². The van der Waals surface area contributed by atoms with E-state index in [1.165, 1.54) is 32.1 Å². The Hall–Kier alpha value is -0.610. The third-order valence-corrected chi connectivity index (χ3v) is 5.41. The molecule has 4 unspecified atom stereocenters. The summed E-state index contributed by atoms with van der Waals surface area (Å²) in [6.07, 6.45) is 7.54. The number of amides is 1. The molecule has 4 atom stereocenters. The molecular formula is C17H33N3O. The molecule has 2 rings (SSSR count). The van der Waals surface area contributed by atoms with Crippen molar-refractivity contribution in [3.05, 3.63) is 0 Å². The van der Waals surface area contributed by atoms with E-state index in [4.69, 9.17) is 0 Å². The van der Waals surface area contributed by atoms with Crippen molar-refractivity contribution in [2.75, 3.05) is 26.7 Å². The highest BCUT2D eigenvalue weighted by Crippen LogP contribution is 2.29. The molecule has 4 nitrogen and oxygen atoms in total. The van der Waals surface area contributed by atoms with Gasteiger partial charge in [0, 0.05) is 18.6 Å². The van der Waals surface area contributed by atoms with Crippen molar-refractivity contribution in [2.24, 2.45) is 11.8 Å². The summed E-state index contributed by atoms with van der Waals surface area (Å²) in [5.74, 6) is 1.53. The molecule has 122 valence electrons. The van der Waals surface area contributed by atoms with Crippen LogP contribution in [0.1, 0.15) is 52.4 Å². The lowest BCUT2D eigenvalue weighted by atomic mass is 9.78. The SMILES string of the molecule is CC1CCCC(NC(=O)CN(C)CC2CCCCN2)C1C. The van der Waals surface area contributed by atoms with E-state index in [0.717, 1.165) is 25.4 Å². The molecule has 0 aromatic heterocycles. The van der Waals surface area contributed by atoms with Crippen LogP contribution in [0.15, 0.2) is 0 Å². The van der Waals surface area contributed by atoms with Crippen LogP contribution in [-0.4, -0.2) is 49.6 Å². The second kappa shape index (κ2) is 8.14. The Labute approximate surface area is 130 Å². The van der Waals surface area contributed by atoms with Crippen molar-refractivity contribution in [3.8, 4) is 0 Å². The lowest BCUT2D eigenvalue weighted by Crippen LogP contribution is -2.49. The number of likely N-dealkylation sites (N-methyl/N-ethyl adjacent to an activating group) is 1. The zero-order valence-corrected chi connectivity index (χ0v) is 14.0. The summed E-state index contributed by atoms with van der Waals surface area (Å²) in [7, 11) is 2.06. The van der Waals surface area contributed by atoms with Crippen LogP contribution in [0.25, 0.3) is 0 Å².